The van der Waals surface area contributed by atoms with E-state index in [-0.39, 0.29) is 17.3 Å². The summed E-state index contributed by atoms with van der Waals surface area (Å²) >= 11 is 0. The molecule has 0 fully saturated rings. The Morgan fingerprint density at radius 2 is 0.724 bits per heavy atom. The Hall–Kier alpha value is -3.27. The predicted octanol–water partition coefficient (Wildman–Crippen LogP) is 4.75. The van der Waals surface area contributed by atoms with Gasteiger partial charge in [-0.15, -0.1) is 0 Å². The van der Waals surface area contributed by atoms with Crippen LogP contribution < -0.4 is 0 Å². The van der Waals surface area contributed by atoms with Gasteiger partial charge in [0.25, 0.3) is 0 Å². The van der Waals surface area contributed by atoms with Crippen molar-refractivity contribution >= 4 is 25.2 Å². The number of Topliss-reactive ketones (excluding diaryl/α,β-unsaturated/α-hetero) is 3. The van der Waals surface area contributed by atoms with E-state index in [0.29, 0.717) is 16.7 Å². The molecule has 3 rings (SSSR count). The summed E-state index contributed by atoms with van der Waals surface area (Å²) in [6.45, 7) is 4.56. The Kier molecular flexibility index (Phi) is 5.65. The molecule has 0 bridgehead atoms. The van der Waals surface area contributed by atoms with E-state index in [1.54, 1.807) is 36.4 Å². The fraction of sp³-hybridized carbons (Fsp3) is 0.160. The van der Waals surface area contributed by atoms with Crippen molar-refractivity contribution in [1.29, 1.82) is 0 Å². The summed E-state index contributed by atoms with van der Waals surface area (Å²) in [5, 5.41) is -1.01. The number of rotatable bonds is 6. The van der Waals surface area contributed by atoms with Crippen LogP contribution in [0.15, 0.2) is 72.8 Å². The normalized spacial score (nSPS) is 11.1. The molecule has 0 amide bonds. The molecule has 29 heavy (non-hydrogen) atoms. The molecule has 0 atom stereocenters. The van der Waals surface area contributed by atoms with Gasteiger partial charge in [-0.3, -0.25) is 14.4 Å². The minimum atomic E-state index is -1.01. The zero-order valence-electron chi connectivity index (χ0n) is 16.7. The molecule has 0 heterocycles. The van der Waals surface area contributed by atoms with Gasteiger partial charge in [0.2, 0.25) is 0 Å². The van der Waals surface area contributed by atoms with E-state index in [0.717, 1.165) is 16.7 Å². The summed E-state index contributed by atoms with van der Waals surface area (Å²) in [4.78, 5) is 35.0. The SMILES string of the molecule is [B]C(c1ccc(C(C)=O)cc1)(c1ccc(C(C)=O)cc1)c1ccc(C(C)=O)cc1. The maximum atomic E-state index is 11.7. The van der Waals surface area contributed by atoms with Crippen LogP contribution in [0.2, 0.25) is 0 Å². The lowest BCUT2D eigenvalue weighted by atomic mass is 9.56. The van der Waals surface area contributed by atoms with Gasteiger partial charge in [-0.05, 0) is 37.5 Å². The molecule has 0 saturated heterocycles. The highest BCUT2D eigenvalue weighted by molar-refractivity contribution is 6.21. The molecule has 0 unspecified atom stereocenters. The van der Waals surface area contributed by atoms with Crippen molar-refractivity contribution in [3.63, 3.8) is 0 Å². The average Bonchev–Trinajstić information content (AvgIpc) is 2.73. The standard InChI is InChI=1S/C25H21BO3/c1-16(27)19-4-10-22(11-5-19)25(26,23-12-6-20(7-13-23)17(2)28)24-14-8-21(9-15-24)18(3)29/h4-15H,1-3H3. The highest BCUT2D eigenvalue weighted by atomic mass is 16.1. The van der Waals surface area contributed by atoms with Gasteiger partial charge in [-0.2, -0.15) is 0 Å². The fourth-order valence-electron chi connectivity index (χ4n) is 3.40. The summed E-state index contributed by atoms with van der Waals surface area (Å²) in [5.41, 5.74) is 4.22. The molecular weight excluding hydrogens is 359 g/mol. The van der Waals surface area contributed by atoms with Gasteiger partial charge in [0.1, 0.15) is 0 Å². The Labute approximate surface area is 172 Å². The molecule has 4 heteroatoms. The number of carbonyl (C=O) groups excluding carboxylic acids is 3. The minimum Gasteiger partial charge on any atom is -0.295 e. The average molecular weight is 380 g/mol. The van der Waals surface area contributed by atoms with Crippen LogP contribution in [-0.2, 0) is 5.31 Å². The molecule has 0 aromatic heterocycles. The Morgan fingerprint density at radius 1 is 0.517 bits per heavy atom. The van der Waals surface area contributed by atoms with E-state index >= 15 is 0 Å². The first kappa shape index (κ1) is 20.5. The van der Waals surface area contributed by atoms with Crippen molar-refractivity contribution in [3.05, 3.63) is 106 Å². The fourth-order valence-corrected chi connectivity index (χ4v) is 3.40. The largest absolute Gasteiger partial charge is 0.295 e. The third kappa shape index (κ3) is 3.97. The number of benzene rings is 3. The van der Waals surface area contributed by atoms with Crippen molar-refractivity contribution in [1.82, 2.24) is 0 Å². The first-order valence-electron chi connectivity index (χ1n) is 9.37. The summed E-state index contributed by atoms with van der Waals surface area (Å²) in [7, 11) is 6.99. The maximum Gasteiger partial charge on any atom is 0.159 e. The number of ketones is 3. The maximum absolute atomic E-state index is 11.7. The monoisotopic (exact) mass is 380 g/mol. The molecular formula is C25H21BO3. The quantitative estimate of drug-likeness (QED) is 0.352. The summed E-state index contributed by atoms with van der Waals surface area (Å²) < 4.78 is 0. The van der Waals surface area contributed by atoms with Crippen molar-refractivity contribution < 1.29 is 14.4 Å². The first-order chi connectivity index (χ1) is 13.7. The Balaban J connectivity index is 2.18. The van der Waals surface area contributed by atoms with Crippen LogP contribution in [0.3, 0.4) is 0 Å². The Bertz CT molecular complexity index is 923. The lowest BCUT2D eigenvalue weighted by Crippen LogP contribution is -2.30. The molecule has 0 spiro atoms. The van der Waals surface area contributed by atoms with Crippen LogP contribution >= 0.6 is 0 Å². The van der Waals surface area contributed by atoms with Gasteiger partial charge >= 0.3 is 0 Å². The lowest BCUT2D eigenvalue weighted by molar-refractivity contribution is 0.100. The molecule has 3 aromatic rings. The molecule has 0 aliphatic carbocycles. The van der Waals surface area contributed by atoms with Crippen LogP contribution in [0.4, 0.5) is 0 Å². The lowest BCUT2D eigenvalue weighted by Gasteiger charge is -2.33. The topological polar surface area (TPSA) is 51.2 Å². The second-order valence-corrected chi connectivity index (χ2v) is 7.21. The number of carbonyl (C=O) groups is 3. The zero-order chi connectivity index (χ0) is 21.2. The van der Waals surface area contributed by atoms with E-state index in [9.17, 15) is 14.4 Å². The van der Waals surface area contributed by atoms with Crippen LogP contribution in [0.1, 0.15) is 68.5 Å². The van der Waals surface area contributed by atoms with Crippen LogP contribution in [0.5, 0.6) is 0 Å². The van der Waals surface area contributed by atoms with Crippen LogP contribution in [0.25, 0.3) is 0 Å². The molecule has 2 radical (unpaired) electrons. The Morgan fingerprint density at radius 3 is 0.897 bits per heavy atom. The number of hydrogen-bond donors (Lipinski definition) is 0. The van der Waals surface area contributed by atoms with E-state index in [1.165, 1.54) is 20.8 Å². The third-order valence-corrected chi connectivity index (χ3v) is 5.24. The van der Waals surface area contributed by atoms with E-state index in [2.05, 4.69) is 0 Å². The molecule has 0 saturated carbocycles. The first-order valence-corrected chi connectivity index (χ1v) is 9.37. The summed E-state index contributed by atoms with van der Waals surface area (Å²) in [5.74, 6) is -0.0534. The van der Waals surface area contributed by atoms with Gasteiger partial charge in [-0.25, -0.2) is 0 Å². The van der Waals surface area contributed by atoms with E-state index < -0.39 is 5.31 Å². The summed E-state index contributed by atoms with van der Waals surface area (Å²) in [6.07, 6.45) is 0. The molecule has 142 valence electrons. The second kappa shape index (κ2) is 8.00. The number of hydrogen-bond acceptors (Lipinski definition) is 3. The van der Waals surface area contributed by atoms with E-state index in [4.69, 9.17) is 7.85 Å². The van der Waals surface area contributed by atoms with Gasteiger partial charge in [0, 0.05) is 22.0 Å². The van der Waals surface area contributed by atoms with E-state index in [1.807, 2.05) is 36.4 Å². The molecule has 3 aromatic carbocycles. The zero-order valence-corrected chi connectivity index (χ0v) is 16.7. The van der Waals surface area contributed by atoms with Crippen molar-refractivity contribution in [2.24, 2.45) is 0 Å². The van der Waals surface area contributed by atoms with Crippen molar-refractivity contribution in [2.75, 3.05) is 0 Å². The van der Waals surface area contributed by atoms with Gasteiger partial charge in [-0.1, -0.05) is 72.8 Å². The molecule has 0 aliphatic heterocycles. The van der Waals surface area contributed by atoms with Gasteiger partial charge in [0.15, 0.2) is 17.3 Å². The molecule has 0 N–H and O–H groups in total. The predicted molar refractivity (Wildman–Crippen MR) is 115 cm³/mol. The van der Waals surface area contributed by atoms with Crippen LogP contribution in [-0.4, -0.2) is 25.2 Å². The van der Waals surface area contributed by atoms with Crippen molar-refractivity contribution in [3.8, 4) is 0 Å². The second-order valence-electron chi connectivity index (χ2n) is 7.21. The molecule has 0 aliphatic rings. The smallest absolute Gasteiger partial charge is 0.159 e. The van der Waals surface area contributed by atoms with Gasteiger partial charge in [0.05, 0.1) is 7.85 Å². The summed E-state index contributed by atoms with van der Waals surface area (Å²) in [6, 6.07) is 21.6. The van der Waals surface area contributed by atoms with Gasteiger partial charge < -0.3 is 0 Å². The minimum absolute atomic E-state index is 0.0178. The third-order valence-electron chi connectivity index (χ3n) is 5.24. The van der Waals surface area contributed by atoms with Crippen molar-refractivity contribution in [2.45, 2.75) is 26.1 Å². The highest BCUT2D eigenvalue weighted by Crippen LogP contribution is 2.36. The molecule has 3 nitrogen and oxygen atoms in total. The highest BCUT2D eigenvalue weighted by Gasteiger charge is 2.30. The van der Waals surface area contributed by atoms with Crippen LogP contribution in [0, 0.1) is 0 Å².